The fraction of sp³-hybridized carbons (Fsp3) is 0.647. The van der Waals surface area contributed by atoms with Crippen LogP contribution in [0.15, 0.2) is 22.7 Å². The number of hydrogen-bond acceptors (Lipinski definition) is 2. The fourth-order valence-electron chi connectivity index (χ4n) is 3.01. The third-order valence-corrected chi connectivity index (χ3v) is 5.28. The molecule has 1 aliphatic carbocycles. The summed E-state index contributed by atoms with van der Waals surface area (Å²) < 4.78 is 7.40. The van der Waals surface area contributed by atoms with Gasteiger partial charge in [0.1, 0.15) is 11.9 Å². The Balaban J connectivity index is 2.03. The molecule has 3 heteroatoms. The number of aryl methyl sites for hydroxylation is 1. The molecule has 2 nitrogen and oxygen atoms in total. The van der Waals surface area contributed by atoms with Crippen LogP contribution in [0.2, 0.25) is 0 Å². The summed E-state index contributed by atoms with van der Waals surface area (Å²) in [6.07, 6.45) is 3.77. The first-order chi connectivity index (χ1) is 9.51. The lowest BCUT2D eigenvalue weighted by atomic mass is 9.61. The van der Waals surface area contributed by atoms with Crippen LogP contribution >= 0.6 is 15.9 Å². The van der Waals surface area contributed by atoms with E-state index in [9.17, 15) is 0 Å². The first-order valence-corrected chi connectivity index (χ1v) is 8.46. The molecule has 0 radical (unpaired) electrons. The Bertz CT molecular complexity index is 462. The summed E-state index contributed by atoms with van der Waals surface area (Å²) in [5.74, 6) is 1.02. The van der Waals surface area contributed by atoms with Crippen molar-refractivity contribution in [2.45, 2.75) is 59.1 Å². The van der Waals surface area contributed by atoms with Crippen molar-refractivity contribution < 1.29 is 4.74 Å². The van der Waals surface area contributed by atoms with E-state index in [4.69, 9.17) is 4.74 Å². The fourth-order valence-corrected chi connectivity index (χ4v) is 3.48. The van der Waals surface area contributed by atoms with E-state index in [1.54, 1.807) is 0 Å². The third-order valence-electron chi connectivity index (χ3n) is 4.79. The summed E-state index contributed by atoms with van der Waals surface area (Å²) in [7, 11) is 0. The number of ether oxygens (including phenoxy) is 1. The second-order valence-corrected chi connectivity index (χ2v) is 7.03. The maximum Gasteiger partial charge on any atom is 0.122 e. The average Bonchev–Trinajstić information content (AvgIpc) is 2.43. The minimum atomic E-state index is 0.245. The monoisotopic (exact) mass is 339 g/mol. The van der Waals surface area contributed by atoms with Gasteiger partial charge >= 0.3 is 0 Å². The van der Waals surface area contributed by atoms with Gasteiger partial charge in [-0.3, -0.25) is 0 Å². The smallest absolute Gasteiger partial charge is 0.122 e. The molecule has 1 N–H and O–H groups in total. The van der Waals surface area contributed by atoms with Crippen molar-refractivity contribution in [3.8, 4) is 5.75 Å². The van der Waals surface area contributed by atoms with Gasteiger partial charge in [-0.1, -0.05) is 36.7 Å². The number of halogens is 1. The Labute approximate surface area is 131 Å². The van der Waals surface area contributed by atoms with E-state index in [1.165, 1.54) is 12.0 Å². The number of hydrogen-bond donors (Lipinski definition) is 1. The van der Waals surface area contributed by atoms with Gasteiger partial charge in [-0.05, 0) is 50.1 Å². The molecular formula is C17H26BrNO. The SMILES string of the molecule is CCCNC1CC(Oc2ccc(Br)cc2C)C1(C)CC. The minimum absolute atomic E-state index is 0.245. The molecule has 0 amide bonds. The second-order valence-electron chi connectivity index (χ2n) is 6.12. The average molecular weight is 340 g/mol. The zero-order chi connectivity index (χ0) is 14.8. The van der Waals surface area contributed by atoms with E-state index >= 15 is 0 Å². The summed E-state index contributed by atoms with van der Waals surface area (Å²) in [6.45, 7) is 10.0. The Hall–Kier alpha value is -0.540. The van der Waals surface area contributed by atoms with E-state index in [-0.39, 0.29) is 5.41 Å². The van der Waals surface area contributed by atoms with Gasteiger partial charge in [0, 0.05) is 22.4 Å². The molecule has 3 unspecified atom stereocenters. The van der Waals surface area contributed by atoms with Gasteiger partial charge in [-0.2, -0.15) is 0 Å². The molecule has 0 aliphatic heterocycles. The Kier molecular flexibility index (Phi) is 5.14. The van der Waals surface area contributed by atoms with Crippen molar-refractivity contribution in [3.05, 3.63) is 28.2 Å². The van der Waals surface area contributed by atoms with Gasteiger partial charge in [0.25, 0.3) is 0 Å². The number of nitrogens with one attached hydrogen (secondary N) is 1. The molecule has 0 bridgehead atoms. The van der Waals surface area contributed by atoms with Gasteiger partial charge in [0.15, 0.2) is 0 Å². The quantitative estimate of drug-likeness (QED) is 0.811. The summed E-state index contributed by atoms with van der Waals surface area (Å²) in [6, 6.07) is 6.83. The van der Waals surface area contributed by atoms with Crippen LogP contribution in [0.3, 0.4) is 0 Å². The van der Waals surface area contributed by atoms with Crippen LogP contribution in [0.4, 0.5) is 0 Å². The third kappa shape index (κ3) is 3.04. The zero-order valence-corrected chi connectivity index (χ0v) is 14.6. The van der Waals surface area contributed by atoms with E-state index in [2.05, 4.69) is 67.1 Å². The molecule has 0 spiro atoms. The molecule has 0 saturated heterocycles. The van der Waals surface area contributed by atoms with E-state index in [0.717, 1.165) is 29.6 Å². The Morgan fingerprint density at radius 2 is 2.15 bits per heavy atom. The summed E-state index contributed by atoms with van der Waals surface area (Å²) in [4.78, 5) is 0. The summed E-state index contributed by atoms with van der Waals surface area (Å²) in [5, 5.41) is 3.66. The summed E-state index contributed by atoms with van der Waals surface area (Å²) >= 11 is 3.50. The molecule has 1 aliphatic rings. The molecule has 1 fully saturated rings. The first-order valence-electron chi connectivity index (χ1n) is 7.67. The molecular weight excluding hydrogens is 314 g/mol. The lowest BCUT2D eigenvalue weighted by molar-refractivity contribution is -0.0704. The molecule has 112 valence electrons. The van der Waals surface area contributed by atoms with Crippen LogP contribution in [-0.2, 0) is 0 Å². The van der Waals surface area contributed by atoms with Gasteiger partial charge in [-0.25, -0.2) is 0 Å². The molecule has 1 aromatic carbocycles. The highest BCUT2D eigenvalue weighted by atomic mass is 79.9. The lowest BCUT2D eigenvalue weighted by Gasteiger charge is -2.53. The van der Waals surface area contributed by atoms with Crippen molar-refractivity contribution >= 4 is 15.9 Å². The number of rotatable bonds is 6. The van der Waals surface area contributed by atoms with Crippen LogP contribution < -0.4 is 10.1 Å². The van der Waals surface area contributed by atoms with Crippen LogP contribution in [0.25, 0.3) is 0 Å². The Morgan fingerprint density at radius 1 is 1.40 bits per heavy atom. The predicted molar refractivity (Wildman–Crippen MR) is 88.4 cm³/mol. The van der Waals surface area contributed by atoms with Crippen molar-refractivity contribution in [1.29, 1.82) is 0 Å². The van der Waals surface area contributed by atoms with Crippen LogP contribution in [0.1, 0.15) is 45.6 Å². The van der Waals surface area contributed by atoms with Crippen molar-refractivity contribution in [1.82, 2.24) is 5.32 Å². The molecule has 0 heterocycles. The van der Waals surface area contributed by atoms with Gasteiger partial charge in [0.05, 0.1) is 0 Å². The van der Waals surface area contributed by atoms with Crippen LogP contribution in [0, 0.1) is 12.3 Å². The molecule has 0 aromatic heterocycles. The molecule has 3 atom stereocenters. The number of benzene rings is 1. The van der Waals surface area contributed by atoms with Crippen molar-refractivity contribution in [3.63, 3.8) is 0 Å². The largest absolute Gasteiger partial charge is 0.489 e. The second kappa shape index (κ2) is 6.48. The molecule has 1 saturated carbocycles. The minimum Gasteiger partial charge on any atom is -0.489 e. The molecule has 2 rings (SSSR count). The highest BCUT2D eigenvalue weighted by Gasteiger charge is 2.51. The standard InChI is InChI=1S/C17H26BrNO/c1-5-9-19-15-11-16(17(15,4)6-2)20-14-8-7-13(18)10-12(14)3/h7-8,10,15-16,19H,5-6,9,11H2,1-4H3. The van der Waals surface area contributed by atoms with Crippen molar-refractivity contribution in [2.75, 3.05) is 6.54 Å². The predicted octanol–water partition coefficient (Wildman–Crippen LogP) is 4.69. The maximum atomic E-state index is 6.29. The normalized spacial score (nSPS) is 29.1. The van der Waals surface area contributed by atoms with Gasteiger partial charge < -0.3 is 10.1 Å². The highest BCUT2D eigenvalue weighted by Crippen LogP contribution is 2.46. The van der Waals surface area contributed by atoms with E-state index in [0.29, 0.717) is 12.1 Å². The van der Waals surface area contributed by atoms with E-state index in [1.807, 2.05) is 0 Å². The lowest BCUT2D eigenvalue weighted by Crippen LogP contribution is -2.63. The van der Waals surface area contributed by atoms with Gasteiger partial charge in [0.2, 0.25) is 0 Å². The molecule has 20 heavy (non-hydrogen) atoms. The Morgan fingerprint density at radius 3 is 2.75 bits per heavy atom. The van der Waals surface area contributed by atoms with Crippen molar-refractivity contribution in [2.24, 2.45) is 5.41 Å². The van der Waals surface area contributed by atoms with E-state index < -0.39 is 0 Å². The highest BCUT2D eigenvalue weighted by molar-refractivity contribution is 9.10. The van der Waals surface area contributed by atoms with Crippen LogP contribution in [-0.4, -0.2) is 18.7 Å². The topological polar surface area (TPSA) is 21.3 Å². The zero-order valence-electron chi connectivity index (χ0n) is 13.0. The molecule has 1 aromatic rings. The summed E-state index contributed by atoms with van der Waals surface area (Å²) in [5.41, 5.74) is 1.44. The van der Waals surface area contributed by atoms with Gasteiger partial charge in [-0.15, -0.1) is 0 Å². The first kappa shape index (κ1) is 15.8. The van der Waals surface area contributed by atoms with Crippen LogP contribution in [0.5, 0.6) is 5.75 Å². The maximum absolute atomic E-state index is 6.29.